The van der Waals surface area contributed by atoms with Gasteiger partial charge in [0.25, 0.3) is 5.91 Å². The van der Waals surface area contributed by atoms with Gasteiger partial charge in [0.2, 0.25) is 21.1 Å². The summed E-state index contributed by atoms with van der Waals surface area (Å²) in [7, 11) is -0.737. The Balaban J connectivity index is 1.87. The Hall–Kier alpha value is -2.55. The first-order valence-electron chi connectivity index (χ1n) is 8.86. The molecule has 2 N–H and O–H groups in total. The van der Waals surface area contributed by atoms with Crippen molar-refractivity contribution in [2.45, 2.75) is 16.2 Å². The maximum absolute atomic E-state index is 12.3. The number of carbonyl (C=O) groups excluding carboxylic acids is 3. The van der Waals surface area contributed by atoms with E-state index in [2.05, 4.69) is 20.8 Å². The zero-order valence-corrected chi connectivity index (χ0v) is 19.4. The van der Waals surface area contributed by atoms with Gasteiger partial charge in [-0.2, -0.15) is 0 Å². The van der Waals surface area contributed by atoms with Crippen LogP contribution in [0.5, 0.6) is 0 Å². The Morgan fingerprint density at radius 2 is 1.84 bits per heavy atom. The molecule has 0 aliphatic carbocycles. The lowest BCUT2D eigenvalue weighted by Gasteiger charge is -2.11. The van der Waals surface area contributed by atoms with Gasteiger partial charge in [0, 0.05) is 19.7 Å². The van der Waals surface area contributed by atoms with Crippen molar-refractivity contribution in [1.82, 2.24) is 19.8 Å². The van der Waals surface area contributed by atoms with E-state index in [1.165, 1.54) is 38.4 Å². The standard InChI is InChI=1S/C17H21N5O6S3/c1-4-28-14(24)9-18-13(23)10-29-17-21-20-16(30-17)19-15(25)11-5-7-12(8-6-11)31(26,27)22(2)3/h5-8H,4,9-10H2,1-3H3,(H,18,23)(H,19,20,25). The summed E-state index contributed by atoms with van der Waals surface area (Å²) >= 11 is 2.18. The number of benzene rings is 1. The molecule has 0 aliphatic heterocycles. The molecule has 1 aromatic heterocycles. The van der Waals surface area contributed by atoms with Gasteiger partial charge >= 0.3 is 5.97 Å². The van der Waals surface area contributed by atoms with Gasteiger partial charge < -0.3 is 10.1 Å². The van der Waals surface area contributed by atoms with E-state index < -0.39 is 21.9 Å². The van der Waals surface area contributed by atoms with Crippen molar-refractivity contribution in [1.29, 1.82) is 0 Å². The number of ether oxygens (including phenoxy) is 1. The fourth-order valence-corrected chi connectivity index (χ4v) is 4.52. The van der Waals surface area contributed by atoms with Crippen molar-refractivity contribution < 1.29 is 27.5 Å². The van der Waals surface area contributed by atoms with Gasteiger partial charge in [0.15, 0.2) is 4.34 Å². The lowest BCUT2D eigenvalue weighted by atomic mass is 10.2. The third-order valence-electron chi connectivity index (χ3n) is 3.58. The highest BCUT2D eigenvalue weighted by Crippen LogP contribution is 2.25. The van der Waals surface area contributed by atoms with Crippen molar-refractivity contribution in [3.05, 3.63) is 29.8 Å². The second-order valence-electron chi connectivity index (χ2n) is 6.01. The summed E-state index contributed by atoms with van der Waals surface area (Å²) in [4.78, 5) is 35.4. The maximum Gasteiger partial charge on any atom is 0.325 e. The van der Waals surface area contributed by atoms with Crippen LogP contribution in [0.15, 0.2) is 33.5 Å². The van der Waals surface area contributed by atoms with Gasteiger partial charge in [-0.15, -0.1) is 10.2 Å². The number of esters is 1. The summed E-state index contributed by atoms with van der Waals surface area (Å²) in [5.74, 6) is -1.35. The van der Waals surface area contributed by atoms with Crippen LogP contribution in [-0.4, -0.2) is 73.7 Å². The molecular formula is C17H21N5O6S3. The number of amides is 2. The van der Waals surface area contributed by atoms with Gasteiger partial charge in [-0.1, -0.05) is 23.1 Å². The fourth-order valence-electron chi connectivity index (χ4n) is 2.04. The summed E-state index contributed by atoms with van der Waals surface area (Å²) in [6.45, 7) is 1.70. The molecule has 2 rings (SSSR count). The summed E-state index contributed by atoms with van der Waals surface area (Å²) in [6.07, 6.45) is 0. The molecule has 0 fully saturated rings. The van der Waals surface area contributed by atoms with Gasteiger partial charge in [0.05, 0.1) is 17.3 Å². The SMILES string of the molecule is CCOC(=O)CNC(=O)CSc1nnc(NC(=O)c2ccc(S(=O)(=O)N(C)C)cc2)s1. The molecule has 0 bridgehead atoms. The van der Waals surface area contributed by atoms with Crippen LogP contribution >= 0.6 is 23.1 Å². The molecule has 0 atom stereocenters. The first-order valence-corrected chi connectivity index (χ1v) is 12.1. The highest BCUT2D eigenvalue weighted by Gasteiger charge is 2.18. The molecule has 168 valence electrons. The van der Waals surface area contributed by atoms with Crippen molar-refractivity contribution in [3.63, 3.8) is 0 Å². The van der Waals surface area contributed by atoms with Crippen LogP contribution in [0.1, 0.15) is 17.3 Å². The molecule has 11 nitrogen and oxygen atoms in total. The molecule has 0 aliphatic rings. The van der Waals surface area contributed by atoms with E-state index in [1.54, 1.807) is 6.92 Å². The van der Waals surface area contributed by atoms with E-state index in [-0.39, 0.29) is 40.4 Å². The molecule has 0 saturated carbocycles. The quantitative estimate of drug-likeness (QED) is 0.282. The normalized spacial score (nSPS) is 11.2. The second-order valence-corrected chi connectivity index (χ2v) is 10.4. The van der Waals surface area contributed by atoms with Crippen LogP contribution in [0.2, 0.25) is 0 Å². The first-order chi connectivity index (χ1) is 14.6. The lowest BCUT2D eigenvalue weighted by molar-refractivity contribution is -0.143. The van der Waals surface area contributed by atoms with Crippen LogP contribution in [0, 0.1) is 0 Å². The minimum Gasteiger partial charge on any atom is -0.465 e. The highest BCUT2D eigenvalue weighted by atomic mass is 32.2. The van der Waals surface area contributed by atoms with Crippen molar-refractivity contribution >= 4 is 56.0 Å². The molecule has 0 unspecified atom stereocenters. The number of nitrogens with zero attached hydrogens (tertiary/aromatic N) is 3. The lowest BCUT2D eigenvalue weighted by Crippen LogP contribution is -2.31. The van der Waals surface area contributed by atoms with E-state index >= 15 is 0 Å². The Kier molecular flexibility index (Phi) is 8.91. The fraction of sp³-hybridized carbons (Fsp3) is 0.353. The van der Waals surface area contributed by atoms with Crippen LogP contribution in [0.25, 0.3) is 0 Å². The summed E-state index contributed by atoms with van der Waals surface area (Å²) < 4.78 is 30.4. The van der Waals surface area contributed by atoms with E-state index in [4.69, 9.17) is 4.74 Å². The molecule has 2 amide bonds. The van der Waals surface area contributed by atoms with Crippen LogP contribution in [-0.2, 0) is 24.3 Å². The summed E-state index contributed by atoms with van der Waals surface area (Å²) in [5.41, 5.74) is 0.250. The predicted molar refractivity (Wildman–Crippen MR) is 116 cm³/mol. The molecule has 0 spiro atoms. The number of thioether (sulfide) groups is 1. The average Bonchev–Trinajstić information content (AvgIpc) is 3.18. The predicted octanol–water partition coefficient (Wildman–Crippen LogP) is 0.812. The third-order valence-corrected chi connectivity index (χ3v) is 7.39. The highest BCUT2D eigenvalue weighted by molar-refractivity contribution is 8.01. The van der Waals surface area contributed by atoms with Gasteiger partial charge in [-0.05, 0) is 31.2 Å². The van der Waals surface area contributed by atoms with E-state index in [1.807, 2.05) is 0 Å². The molecule has 1 aromatic carbocycles. The molecule has 2 aromatic rings. The van der Waals surface area contributed by atoms with Crippen LogP contribution in [0.3, 0.4) is 0 Å². The second kappa shape index (κ2) is 11.2. The Bertz CT molecular complexity index is 1040. The summed E-state index contributed by atoms with van der Waals surface area (Å²) in [5, 5.41) is 13.0. The van der Waals surface area contributed by atoms with Crippen molar-refractivity contribution in [2.75, 3.05) is 38.3 Å². The van der Waals surface area contributed by atoms with Gasteiger partial charge in [-0.25, -0.2) is 12.7 Å². The minimum atomic E-state index is -3.58. The Labute approximate surface area is 187 Å². The van der Waals surface area contributed by atoms with E-state index in [0.717, 1.165) is 27.4 Å². The number of nitrogens with one attached hydrogen (secondary N) is 2. The molecule has 0 saturated heterocycles. The van der Waals surface area contributed by atoms with Crippen molar-refractivity contribution in [2.24, 2.45) is 0 Å². The minimum absolute atomic E-state index is 0.0177. The van der Waals surface area contributed by atoms with E-state index in [9.17, 15) is 22.8 Å². The number of rotatable bonds is 10. The number of carbonyl (C=O) groups is 3. The monoisotopic (exact) mass is 487 g/mol. The number of sulfonamides is 1. The third kappa shape index (κ3) is 7.27. The van der Waals surface area contributed by atoms with Crippen LogP contribution < -0.4 is 10.6 Å². The Morgan fingerprint density at radius 1 is 1.16 bits per heavy atom. The molecule has 0 radical (unpaired) electrons. The largest absolute Gasteiger partial charge is 0.465 e. The zero-order valence-electron chi connectivity index (χ0n) is 16.9. The maximum atomic E-state index is 12.3. The van der Waals surface area contributed by atoms with E-state index in [0.29, 0.717) is 4.34 Å². The smallest absolute Gasteiger partial charge is 0.325 e. The number of anilines is 1. The number of aromatic nitrogens is 2. The molecule has 31 heavy (non-hydrogen) atoms. The van der Waals surface area contributed by atoms with Crippen molar-refractivity contribution in [3.8, 4) is 0 Å². The zero-order chi connectivity index (χ0) is 23.0. The Morgan fingerprint density at radius 3 is 2.45 bits per heavy atom. The molecule has 14 heteroatoms. The number of hydrogen-bond donors (Lipinski definition) is 2. The average molecular weight is 488 g/mol. The summed E-state index contributed by atoms with van der Waals surface area (Å²) in [6, 6.07) is 5.49. The van der Waals surface area contributed by atoms with Crippen LogP contribution in [0.4, 0.5) is 5.13 Å². The first kappa shape index (κ1) is 24.7. The molecular weight excluding hydrogens is 466 g/mol. The number of hydrogen-bond acceptors (Lipinski definition) is 10. The van der Waals surface area contributed by atoms with Gasteiger partial charge in [0.1, 0.15) is 6.54 Å². The molecule has 1 heterocycles. The van der Waals surface area contributed by atoms with Gasteiger partial charge in [-0.3, -0.25) is 19.7 Å². The topological polar surface area (TPSA) is 148 Å².